The van der Waals surface area contributed by atoms with Crippen LogP contribution >= 0.6 is 22.9 Å². The maximum Gasteiger partial charge on any atom is 0.308 e. The predicted octanol–water partition coefficient (Wildman–Crippen LogP) is 3.23. The van der Waals surface area contributed by atoms with Crippen LogP contribution in [0.1, 0.15) is 18.1 Å². The average molecular weight is 360 g/mol. The number of nitrogens with one attached hydrogen (secondary N) is 2. The van der Waals surface area contributed by atoms with Crippen molar-refractivity contribution in [2.24, 2.45) is 0 Å². The van der Waals surface area contributed by atoms with E-state index in [1.807, 2.05) is 12.1 Å². The number of carbonyl (C=O) groups is 1. The summed E-state index contributed by atoms with van der Waals surface area (Å²) in [6, 6.07) is 12.6. The Balaban J connectivity index is 1.96. The van der Waals surface area contributed by atoms with Gasteiger partial charge in [-0.3, -0.25) is 19.6 Å². The number of aromatic nitrogens is 1. The third-order valence-electron chi connectivity index (χ3n) is 3.49. The molecule has 0 unspecified atom stereocenters. The third-order valence-corrected chi connectivity index (χ3v) is 4.68. The summed E-state index contributed by atoms with van der Waals surface area (Å²) >= 11 is 7.21. The Labute approximate surface area is 147 Å². The van der Waals surface area contributed by atoms with Crippen LogP contribution in [0.25, 0.3) is 10.2 Å². The molecule has 0 fully saturated rings. The minimum atomic E-state index is -0.292. The Morgan fingerprint density at radius 3 is 2.83 bits per heavy atom. The van der Waals surface area contributed by atoms with Crippen LogP contribution in [-0.2, 0) is 11.3 Å². The Morgan fingerprint density at radius 1 is 1.29 bits per heavy atom. The monoisotopic (exact) mass is 359 g/mol. The Bertz CT molecular complexity index is 1010. The highest BCUT2D eigenvalue weighted by molar-refractivity contribution is 7.16. The van der Waals surface area contributed by atoms with Gasteiger partial charge in [-0.2, -0.15) is 0 Å². The zero-order valence-corrected chi connectivity index (χ0v) is 14.4. The second-order valence-electron chi connectivity index (χ2n) is 5.32. The lowest BCUT2D eigenvalue weighted by atomic mass is 10.1. The predicted molar refractivity (Wildman–Crippen MR) is 97.3 cm³/mol. The van der Waals surface area contributed by atoms with Crippen LogP contribution in [0.2, 0.25) is 5.02 Å². The third kappa shape index (κ3) is 3.39. The van der Waals surface area contributed by atoms with Crippen molar-refractivity contribution in [2.75, 3.05) is 0 Å². The first kappa shape index (κ1) is 16.4. The van der Waals surface area contributed by atoms with Crippen LogP contribution in [0, 0.1) is 5.41 Å². The average Bonchev–Trinajstić information content (AvgIpc) is 2.83. The summed E-state index contributed by atoms with van der Waals surface area (Å²) in [5, 5.41) is 10.9. The summed E-state index contributed by atoms with van der Waals surface area (Å²) in [5.41, 5.74) is 2.25. The fourth-order valence-corrected chi connectivity index (χ4v) is 3.48. The summed E-state index contributed by atoms with van der Waals surface area (Å²) in [4.78, 5) is 23.3. The lowest BCUT2D eigenvalue weighted by Crippen LogP contribution is -2.28. The molecule has 0 radical (unpaired) electrons. The molecule has 3 aromatic rings. The van der Waals surface area contributed by atoms with Gasteiger partial charge in [-0.05, 0) is 29.8 Å². The van der Waals surface area contributed by atoms with Crippen LogP contribution in [-0.4, -0.2) is 16.3 Å². The first-order valence-corrected chi connectivity index (χ1v) is 8.38. The molecule has 0 aliphatic carbocycles. The number of hydrogen-bond acceptors (Lipinski definition) is 4. The van der Waals surface area contributed by atoms with Gasteiger partial charge in [0, 0.05) is 17.5 Å². The van der Waals surface area contributed by atoms with Crippen molar-refractivity contribution >= 4 is 44.9 Å². The Hall–Kier alpha value is -2.44. The minimum absolute atomic E-state index is 0.0370. The lowest BCUT2D eigenvalue weighted by Gasteiger charge is -2.08. The van der Waals surface area contributed by atoms with E-state index in [1.165, 1.54) is 18.3 Å². The second kappa shape index (κ2) is 6.59. The second-order valence-corrected chi connectivity index (χ2v) is 6.75. The zero-order valence-electron chi connectivity index (χ0n) is 12.8. The largest absolute Gasteiger partial charge is 0.311 e. The van der Waals surface area contributed by atoms with Gasteiger partial charge in [-0.1, -0.05) is 41.1 Å². The summed E-state index contributed by atoms with van der Waals surface area (Å²) in [5.74, 6) is -0.255. The Kier molecular flexibility index (Phi) is 4.51. The van der Waals surface area contributed by atoms with Crippen molar-refractivity contribution in [3.8, 4) is 0 Å². The van der Waals surface area contributed by atoms with Crippen LogP contribution in [0.4, 0.5) is 0 Å². The number of carbonyl (C=O) groups excluding carboxylic acids is 1. The van der Waals surface area contributed by atoms with Gasteiger partial charge in [0.25, 0.3) is 0 Å². The number of amidine groups is 1. The van der Waals surface area contributed by atoms with E-state index in [-0.39, 0.29) is 16.6 Å². The van der Waals surface area contributed by atoms with Crippen molar-refractivity contribution < 1.29 is 4.79 Å². The van der Waals surface area contributed by atoms with E-state index in [9.17, 15) is 9.59 Å². The van der Waals surface area contributed by atoms with Crippen LogP contribution in [0.3, 0.4) is 0 Å². The molecule has 24 heavy (non-hydrogen) atoms. The molecule has 0 spiro atoms. The number of thiazole rings is 1. The van der Waals surface area contributed by atoms with E-state index in [1.54, 1.807) is 34.9 Å². The molecular formula is C17H14ClN3O2S. The van der Waals surface area contributed by atoms with Gasteiger partial charge in [-0.15, -0.1) is 0 Å². The maximum atomic E-state index is 12.3. The lowest BCUT2D eigenvalue weighted by molar-refractivity contribution is -0.117. The topological polar surface area (TPSA) is 75.0 Å². The molecule has 0 aliphatic heterocycles. The van der Waals surface area contributed by atoms with E-state index in [2.05, 4.69) is 5.32 Å². The summed E-state index contributed by atoms with van der Waals surface area (Å²) in [6.45, 7) is 1.74. The number of fused-ring (bicyclic) bond motifs is 1. The molecule has 3 rings (SSSR count). The van der Waals surface area contributed by atoms with Gasteiger partial charge in [0.1, 0.15) is 5.84 Å². The van der Waals surface area contributed by atoms with E-state index in [4.69, 9.17) is 17.0 Å². The number of benzene rings is 2. The molecule has 0 saturated carbocycles. The summed E-state index contributed by atoms with van der Waals surface area (Å²) in [6.07, 6.45) is 0. The molecule has 2 N–H and O–H groups in total. The van der Waals surface area contributed by atoms with Crippen molar-refractivity contribution in [3.05, 3.63) is 68.3 Å². The van der Waals surface area contributed by atoms with Gasteiger partial charge in [-0.25, -0.2) is 0 Å². The van der Waals surface area contributed by atoms with Crippen molar-refractivity contribution in [1.29, 1.82) is 5.41 Å². The highest BCUT2D eigenvalue weighted by Crippen LogP contribution is 2.22. The first-order chi connectivity index (χ1) is 11.4. The molecule has 1 heterocycles. The molecule has 0 atom stereocenters. The molecule has 7 heteroatoms. The van der Waals surface area contributed by atoms with E-state index in [0.29, 0.717) is 17.1 Å². The van der Waals surface area contributed by atoms with Crippen LogP contribution in [0.5, 0.6) is 0 Å². The Morgan fingerprint density at radius 2 is 2.08 bits per heavy atom. The zero-order chi connectivity index (χ0) is 17.3. The molecule has 0 aliphatic rings. The highest BCUT2D eigenvalue weighted by Gasteiger charge is 2.10. The van der Waals surface area contributed by atoms with Crippen molar-refractivity contribution in [2.45, 2.75) is 13.5 Å². The van der Waals surface area contributed by atoms with Crippen LogP contribution in [0.15, 0.2) is 47.3 Å². The van der Waals surface area contributed by atoms with E-state index >= 15 is 0 Å². The smallest absolute Gasteiger partial charge is 0.308 e. The van der Waals surface area contributed by atoms with Gasteiger partial charge < -0.3 is 5.32 Å². The number of hydrogen-bond donors (Lipinski definition) is 2. The van der Waals surface area contributed by atoms with Gasteiger partial charge in [0.05, 0.1) is 16.8 Å². The normalized spacial score (nSPS) is 10.8. The minimum Gasteiger partial charge on any atom is -0.311 e. The fourth-order valence-electron chi connectivity index (χ4n) is 2.44. The SMILES string of the molecule is CC(=O)NC(=N)c1cccc(Cn2c(=O)sc3ccc(Cl)cc32)c1. The molecule has 2 aromatic carbocycles. The molecule has 5 nitrogen and oxygen atoms in total. The number of rotatable bonds is 3. The molecular weight excluding hydrogens is 346 g/mol. The number of nitrogens with zero attached hydrogens (tertiary/aromatic N) is 1. The quantitative estimate of drug-likeness (QED) is 0.556. The summed E-state index contributed by atoms with van der Waals surface area (Å²) < 4.78 is 2.54. The molecule has 0 bridgehead atoms. The number of amides is 1. The van der Waals surface area contributed by atoms with Gasteiger partial charge in [0.15, 0.2) is 0 Å². The molecule has 1 aromatic heterocycles. The van der Waals surface area contributed by atoms with E-state index in [0.717, 1.165) is 15.8 Å². The van der Waals surface area contributed by atoms with Crippen molar-refractivity contribution in [1.82, 2.24) is 9.88 Å². The molecule has 122 valence electrons. The standard InChI is InChI=1S/C17H14ClN3O2S/c1-10(22)20-16(19)12-4-2-3-11(7-12)9-21-14-8-13(18)5-6-15(14)24-17(21)23/h2-8H,9H2,1H3,(H2,19,20,22). The van der Waals surface area contributed by atoms with Gasteiger partial charge >= 0.3 is 4.87 Å². The maximum absolute atomic E-state index is 12.3. The van der Waals surface area contributed by atoms with Crippen LogP contribution < -0.4 is 10.2 Å². The molecule has 0 saturated heterocycles. The summed E-state index contributed by atoms with van der Waals surface area (Å²) in [7, 11) is 0. The first-order valence-electron chi connectivity index (χ1n) is 7.18. The van der Waals surface area contributed by atoms with Crippen molar-refractivity contribution in [3.63, 3.8) is 0 Å². The number of halogens is 1. The molecule has 1 amide bonds. The van der Waals surface area contributed by atoms with Gasteiger partial charge in [0.2, 0.25) is 5.91 Å². The highest BCUT2D eigenvalue weighted by atomic mass is 35.5. The fraction of sp³-hybridized carbons (Fsp3) is 0.118. The van der Waals surface area contributed by atoms with E-state index < -0.39 is 0 Å².